The molecule has 20 heavy (non-hydrogen) atoms. The summed E-state index contributed by atoms with van der Waals surface area (Å²) < 4.78 is 0. The second-order valence-corrected chi connectivity index (χ2v) is 6.97. The highest BCUT2D eigenvalue weighted by atomic mass is 16.4. The van der Waals surface area contributed by atoms with Crippen molar-refractivity contribution in [2.75, 3.05) is 13.6 Å². The Kier molecular flexibility index (Phi) is 3.61. The minimum atomic E-state index is -0.862. The normalized spacial score (nSPS) is 37.8. The molecule has 0 radical (unpaired) electrons. The summed E-state index contributed by atoms with van der Waals surface area (Å²) in [6.07, 6.45) is 6.51. The standard InChI is InChI=1S/C15H24N2O3/c1-17(3-2-13(18)19)15(20)16-14-11-5-9-4-10(7-11)8-12(14)6-9/h9-12,14H,2-8H2,1H3,(H,16,20)(H,18,19). The molecule has 2 amide bonds. The van der Waals surface area contributed by atoms with E-state index >= 15 is 0 Å². The highest BCUT2D eigenvalue weighted by Crippen LogP contribution is 2.53. The molecule has 5 nitrogen and oxygen atoms in total. The summed E-state index contributed by atoms with van der Waals surface area (Å²) >= 11 is 0. The quantitative estimate of drug-likeness (QED) is 0.826. The number of urea groups is 1. The molecule has 4 bridgehead atoms. The van der Waals surface area contributed by atoms with E-state index in [1.54, 1.807) is 7.05 Å². The van der Waals surface area contributed by atoms with Crippen LogP contribution in [0.5, 0.6) is 0 Å². The van der Waals surface area contributed by atoms with Crippen LogP contribution in [-0.2, 0) is 4.79 Å². The third-order valence-electron chi connectivity index (χ3n) is 5.52. The van der Waals surface area contributed by atoms with Crippen LogP contribution in [-0.4, -0.2) is 41.6 Å². The smallest absolute Gasteiger partial charge is 0.317 e. The summed E-state index contributed by atoms with van der Waals surface area (Å²) in [5, 5.41) is 11.9. The average Bonchev–Trinajstić information content (AvgIpc) is 2.39. The van der Waals surface area contributed by atoms with Gasteiger partial charge >= 0.3 is 12.0 Å². The molecule has 0 saturated heterocycles. The van der Waals surface area contributed by atoms with Crippen LogP contribution in [0.25, 0.3) is 0 Å². The number of carboxylic acid groups (broad SMARTS) is 1. The van der Waals surface area contributed by atoms with Crippen molar-refractivity contribution in [1.82, 2.24) is 10.2 Å². The van der Waals surface area contributed by atoms with Crippen molar-refractivity contribution in [3.8, 4) is 0 Å². The molecule has 4 aliphatic carbocycles. The molecule has 0 spiro atoms. The number of aliphatic carboxylic acids is 1. The van der Waals surface area contributed by atoms with Gasteiger partial charge in [0.25, 0.3) is 0 Å². The first-order valence-electron chi connectivity index (χ1n) is 7.76. The van der Waals surface area contributed by atoms with E-state index in [0.717, 1.165) is 11.8 Å². The Morgan fingerprint density at radius 1 is 1.10 bits per heavy atom. The maximum absolute atomic E-state index is 12.2. The Morgan fingerprint density at radius 2 is 1.65 bits per heavy atom. The molecule has 112 valence electrons. The van der Waals surface area contributed by atoms with E-state index in [2.05, 4.69) is 5.32 Å². The lowest BCUT2D eigenvalue weighted by Gasteiger charge is -2.54. The number of rotatable bonds is 4. The van der Waals surface area contributed by atoms with E-state index in [0.29, 0.717) is 17.9 Å². The van der Waals surface area contributed by atoms with Crippen LogP contribution in [0.1, 0.15) is 38.5 Å². The van der Waals surface area contributed by atoms with Crippen LogP contribution < -0.4 is 5.32 Å². The van der Waals surface area contributed by atoms with E-state index in [1.165, 1.54) is 37.0 Å². The Bertz CT molecular complexity index is 382. The second kappa shape index (κ2) is 5.26. The van der Waals surface area contributed by atoms with Gasteiger partial charge in [0.1, 0.15) is 0 Å². The predicted octanol–water partition coefficient (Wildman–Crippen LogP) is 1.93. The topological polar surface area (TPSA) is 69.6 Å². The molecule has 0 aromatic heterocycles. The number of hydrogen-bond donors (Lipinski definition) is 2. The van der Waals surface area contributed by atoms with Crippen LogP contribution in [0.4, 0.5) is 4.79 Å². The lowest BCUT2D eigenvalue weighted by molar-refractivity contribution is -0.137. The molecule has 4 aliphatic rings. The SMILES string of the molecule is CN(CCC(=O)O)C(=O)NC1C2CC3CC(C2)CC1C3. The van der Waals surface area contributed by atoms with E-state index in [-0.39, 0.29) is 19.0 Å². The number of nitrogens with zero attached hydrogens (tertiary/aromatic N) is 1. The molecule has 5 heteroatoms. The maximum atomic E-state index is 12.2. The van der Waals surface area contributed by atoms with Gasteiger partial charge in [-0.05, 0) is 55.8 Å². The molecular formula is C15H24N2O3. The largest absolute Gasteiger partial charge is 0.481 e. The highest BCUT2D eigenvalue weighted by Gasteiger charge is 2.48. The van der Waals surface area contributed by atoms with Gasteiger partial charge in [-0.1, -0.05) is 0 Å². The number of carbonyl (C=O) groups excluding carboxylic acids is 1. The fraction of sp³-hybridized carbons (Fsp3) is 0.867. The van der Waals surface area contributed by atoms with Gasteiger partial charge in [-0.15, -0.1) is 0 Å². The lowest BCUT2D eigenvalue weighted by atomic mass is 9.54. The molecule has 0 aliphatic heterocycles. The van der Waals surface area contributed by atoms with E-state index in [4.69, 9.17) is 5.11 Å². The summed E-state index contributed by atoms with van der Waals surface area (Å²) in [4.78, 5) is 24.2. The van der Waals surface area contributed by atoms with Crippen molar-refractivity contribution in [3.05, 3.63) is 0 Å². The molecule has 0 aromatic rings. The number of carboxylic acids is 1. The Morgan fingerprint density at radius 3 is 2.15 bits per heavy atom. The van der Waals surface area contributed by atoms with Crippen molar-refractivity contribution in [3.63, 3.8) is 0 Å². The van der Waals surface area contributed by atoms with Crippen molar-refractivity contribution in [2.45, 2.75) is 44.6 Å². The van der Waals surface area contributed by atoms with Crippen LogP contribution in [0.15, 0.2) is 0 Å². The van der Waals surface area contributed by atoms with Gasteiger partial charge in [-0.25, -0.2) is 4.79 Å². The van der Waals surface area contributed by atoms with E-state index < -0.39 is 5.97 Å². The zero-order valence-electron chi connectivity index (χ0n) is 12.0. The average molecular weight is 280 g/mol. The summed E-state index contributed by atoms with van der Waals surface area (Å²) in [7, 11) is 1.67. The number of nitrogens with one attached hydrogen (secondary N) is 1. The van der Waals surface area contributed by atoms with Gasteiger partial charge in [-0.3, -0.25) is 4.79 Å². The lowest BCUT2D eigenvalue weighted by Crippen LogP contribution is -2.57. The molecule has 0 atom stereocenters. The van der Waals surface area contributed by atoms with Gasteiger partial charge < -0.3 is 15.3 Å². The number of carbonyl (C=O) groups is 2. The summed E-state index contributed by atoms with van der Waals surface area (Å²) in [6.45, 7) is 0.272. The fourth-order valence-corrected chi connectivity index (χ4v) is 4.78. The van der Waals surface area contributed by atoms with Crippen molar-refractivity contribution < 1.29 is 14.7 Å². The molecule has 4 saturated carbocycles. The third kappa shape index (κ3) is 2.63. The number of amides is 2. The zero-order valence-corrected chi connectivity index (χ0v) is 12.0. The summed E-state index contributed by atoms with van der Waals surface area (Å²) in [5.74, 6) is 2.25. The van der Waals surface area contributed by atoms with Crippen molar-refractivity contribution in [1.29, 1.82) is 0 Å². The minimum Gasteiger partial charge on any atom is -0.481 e. The minimum absolute atomic E-state index is 0.00555. The van der Waals surface area contributed by atoms with Crippen LogP contribution in [0.3, 0.4) is 0 Å². The van der Waals surface area contributed by atoms with Crippen molar-refractivity contribution >= 4 is 12.0 Å². The van der Waals surface area contributed by atoms with E-state index in [1.807, 2.05) is 0 Å². The monoisotopic (exact) mass is 280 g/mol. The molecule has 0 unspecified atom stereocenters. The molecule has 0 aromatic carbocycles. The van der Waals surface area contributed by atoms with Gasteiger partial charge in [0.05, 0.1) is 6.42 Å². The molecular weight excluding hydrogens is 256 g/mol. The van der Waals surface area contributed by atoms with Crippen LogP contribution in [0.2, 0.25) is 0 Å². The zero-order chi connectivity index (χ0) is 14.3. The van der Waals surface area contributed by atoms with Crippen LogP contribution in [0, 0.1) is 23.7 Å². The first kappa shape index (κ1) is 13.7. The number of hydrogen-bond acceptors (Lipinski definition) is 2. The Balaban J connectivity index is 1.55. The Labute approximate surface area is 119 Å². The highest BCUT2D eigenvalue weighted by molar-refractivity contribution is 5.75. The van der Waals surface area contributed by atoms with Crippen LogP contribution >= 0.6 is 0 Å². The molecule has 4 fully saturated rings. The van der Waals surface area contributed by atoms with E-state index in [9.17, 15) is 9.59 Å². The van der Waals surface area contributed by atoms with Gasteiger partial charge in [0, 0.05) is 19.6 Å². The molecule has 4 rings (SSSR count). The predicted molar refractivity (Wildman–Crippen MR) is 74.2 cm³/mol. The van der Waals surface area contributed by atoms with Gasteiger partial charge in [0.2, 0.25) is 0 Å². The molecule has 0 heterocycles. The van der Waals surface area contributed by atoms with Crippen molar-refractivity contribution in [2.24, 2.45) is 23.7 Å². The second-order valence-electron chi connectivity index (χ2n) is 6.97. The Hall–Kier alpha value is -1.26. The van der Waals surface area contributed by atoms with Gasteiger partial charge in [0.15, 0.2) is 0 Å². The maximum Gasteiger partial charge on any atom is 0.317 e. The first-order valence-corrected chi connectivity index (χ1v) is 7.76. The molecule has 2 N–H and O–H groups in total. The first-order chi connectivity index (χ1) is 9.52. The summed E-state index contributed by atoms with van der Waals surface area (Å²) in [6, 6.07) is 0.214. The fourth-order valence-electron chi connectivity index (χ4n) is 4.78. The summed E-state index contributed by atoms with van der Waals surface area (Å²) in [5.41, 5.74) is 0. The third-order valence-corrected chi connectivity index (χ3v) is 5.52. The van der Waals surface area contributed by atoms with Gasteiger partial charge in [-0.2, -0.15) is 0 Å².